The summed E-state index contributed by atoms with van der Waals surface area (Å²) >= 11 is 6.23. The lowest BCUT2D eigenvalue weighted by atomic mass is 10.1. The summed E-state index contributed by atoms with van der Waals surface area (Å²) < 4.78 is 0. The van der Waals surface area contributed by atoms with Gasteiger partial charge in [-0.25, -0.2) is 0 Å². The van der Waals surface area contributed by atoms with E-state index in [0.717, 1.165) is 34.1 Å². The van der Waals surface area contributed by atoms with Gasteiger partial charge in [0.05, 0.1) is 10.5 Å². The van der Waals surface area contributed by atoms with Crippen molar-refractivity contribution >= 4 is 45.7 Å². The molecule has 1 aliphatic rings. The van der Waals surface area contributed by atoms with E-state index >= 15 is 0 Å². The maximum Gasteiger partial charge on any atom is 0.272 e. The predicted molar refractivity (Wildman–Crippen MR) is 109 cm³/mol. The lowest BCUT2D eigenvalue weighted by Gasteiger charge is -2.20. The molecular weight excluding hydrogens is 362 g/mol. The van der Waals surface area contributed by atoms with Crippen molar-refractivity contribution in [1.29, 1.82) is 0 Å². The molecule has 0 radical (unpaired) electrons. The van der Waals surface area contributed by atoms with Crippen molar-refractivity contribution < 1.29 is 9.59 Å². The fourth-order valence-corrected chi connectivity index (χ4v) is 4.15. The molecule has 1 atom stereocenters. The van der Waals surface area contributed by atoms with E-state index in [0.29, 0.717) is 16.4 Å². The highest BCUT2D eigenvalue weighted by Crippen LogP contribution is 2.34. The van der Waals surface area contributed by atoms with Crippen molar-refractivity contribution in [2.75, 3.05) is 10.2 Å². The average molecular weight is 382 g/mol. The van der Waals surface area contributed by atoms with Gasteiger partial charge in [-0.15, -0.1) is 0 Å². The number of nitrogens with one attached hydrogen (secondary N) is 2. The normalized spacial score (nSPS) is 15.9. The van der Waals surface area contributed by atoms with E-state index < -0.39 is 0 Å². The molecule has 1 unspecified atom stereocenters. The molecule has 1 aliphatic heterocycles. The van der Waals surface area contributed by atoms with Crippen molar-refractivity contribution in [2.45, 2.75) is 33.2 Å². The van der Waals surface area contributed by atoms with Crippen LogP contribution in [0.15, 0.2) is 36.4 Å². The van der Waals surface area contributed by atoms with Gasteiger partial charge < -0.3 is 15.2 Å². The monoisotopic (exact) mass is 381 g/mol. The van der Waals surface area contributed by atoms with Crippen molar-refractivity contribution in [1.82, 2.24) is 4.98 Å². The van der Waals surface area contributed by atoms with Gasteiger partial charge in [-0.1, -0.05) is 23.7 Å². The molecule has 0 aliphatic carbocycles. The molecule has 2 heterocycles. The lowest BCUT2D eigenvalue weighted by molar-refractivity contribution is -0.116. The van der Waals surface area contributed by atoms with E-state index in [-0.39, 0.29) is 17.9 Å². The molecule has 0 saturated heterocycles. The fraction of sp³-hybridized carbons (Fsp3) is 0.238. The number of nitrogens with zero attached hydrogens (tertiary/aromatic N) is 1. The predicted octanol–water partition coefficient (Wildman–Crippen LogP) is 4.68. The highest BCUT2D eigenvalue weighted by atomic mass is 35.5. The largest absolute Gasteiger partial charge is 0.349 e. The topological polar surface area (TPSA) is 65.2 Å². The van der Waals surface area contributed by atoms with Crippen molar-refractivity contribution in [3.63, 3.8) is 0 Å². The van der Waals surface area contributed by atoms with Gasteiger partial charge in [0.1, 0.15) is 5.69 Å². The van der Waals surface area contributed by atoms with Crippen LogP contribution in [-0.4, -0.2) is 22.8 Å². The first-order valence-electron chi connectivity index (χ1n) is 8.87. The van der Waals surface area contributed by atoms with Crippen LogP contribution >= 0.6 is 11.6 Å². The summed E-state index contributed by atoms with van der Waals surface area (Å²) in [6, 6.07) is 11.4. The first-order valence-corrected chi connectivity index (χ1v) is 9.25. The zero-order valence-electron chi connectivity index (χ0n) is 15.4. The van der Waals surface area contributed by atoms with Crippen LogP contribution < -0.4 is 10.2 Å². The lowest BCUT2D eigenvalue weighted by Crippen LogP contribution is -2.33. The van der Waals surface area contributed by atoms with E-state index in [1.54, 1.807) is 17.9 Å². The van der Waals surface area contributed by atoms with Gasteiger partial charge >= 0.3 is 0 Å². The smallest absolute Gasteiger partial charge is 0.272 e. The number of aromatic nitrogens is 1. The zero-order chi connectivity index (χ0) is 19.3. The Morgan fingerprint density at radius 2 is 2.04 bits per heavy atom. The van der Waals surface area contributed by atoms with E-state index in [1.807, 2.05) is 44.2 Å². The second-order valence-corrected chi connectivity index (χ2v) is 7.43. The fourth-order valence-electron chi connectivity index (χ4n) is 3.93. The highest BCUT2D eigenvalue weighted by Gasteiger charge is 2.29. The molecule has 2 amide bonds. The van der Waals surface area contributed by atoms with Crippen molar-refractivity contribution in [2.24, 2.45) is 0 Å². The average Bonchev–Trinajstić information content (AvgIpc) is 3.12. The van der Waals surface area contributed by atoms with Crippen LogP contribution in [0.2, 0.25) is 5.02 Å². The SMILES string of the molecule is CC(=O)N1c2ccc(NC(=O)c3[nH]c4c(Cl)cccc4c3C)cc2CC1C. The van der Waals surface area contributed by atoms with Gasteiger partial charge in [0.2, 0.25) is 5.91 Å². The number of amides is 2. The number of aromatic amines is 1. The second-order valence-electron chi connectivity index (χ2n) is 7.03. The molecule has 27 heavy (non-hydrogen) atoms. The van der Waals surface area contributed by atoms with Crippen LogP contribution in [-0.2, 0) is 11.2 Å². The number of carbonyl (C=O) groups excluding carboxylic acids is 2. The number of carbonyl (C=O) groups is 2. The molecule has 2 aromatic carbocycles. The third kappa shape index (κ3) is 2.88. The van der Waals surface area contributed by atoms with Crippen LogP contribution in [0.1, 0.15) is 35.5 Å². The molecular formula is C21H20ClN3O2. The summed E-state index contributed by atoms with van der Waals surface area (Å²) in [5.74, 6) is -0.183. The first-order chi connectivity index (χ1) is 12.9. The van der Waals surface area contributed by atoms with E-state index in [1.165, 1.54) is 0 Å². The van der Waals surface area contributed by atoms with Crippen LogP contribution in [0.5, 0.6) is 0 Å². The summed E-state index contributed by atoms with van der Waals surface area (Å²) in [6.45, 7) is 5.50. The first kappa shape index (κ1) is 17.6. The quantitative estimate of drug-likeness (QED) is 0.676. The molecule has 0 saturated carbocycles. The summed E-state index contributed by atoms with van der Waals surface area (Å²) in [6.07, 6.45) is 0.777. The molecule has 6 heteroatoms. The Bertz CT molecular complexity index is 1090. The Balaban J connectivity index is 1.63. The summed E-state index contributed by atoms with van der Waals surface area (Å²) in [5.41, 5.74) is 4.82. The van der Waals surface area contributed by atoms with E-state index in [9.17, 15) is 9.59 Å². The van der Waals surface area contributed by atoms with Gasteiger partial charge in [0.15, 0.2) is 0 Å². The minimum Gasteiger partial charge on any atom is -0.349 e. The molecule has 3 aromatic rings. The Labute approximate surface area is 162 Å². The second kappa shape index (κ2) is 6.43. The Morgan fingerprint density at radius 3 is 2.74 bits per heavy atom. The van der Waals surface area contributed by atoms with Crippen LogP contribution in [0.3, 0.4) is 0 Å². The number of halogens is 1. The Kier molecular flexibility index (Phi) is 4.19. The molecule has 2 N–H and O–H groups in total. The van der Waals surface area contributed by atoms with Gasteiger partial charge in [-0.2, -0.15) is 0 Å². The molecule has 4 rings (SSSR count). The molecule has 5 nitrogen and oxygen atoms in total. The number of rotatable bonds is 2. The van der Waals surface area contributed by atoms with Crippen LogP contribution in [0.4, 0.5) is 11.4 Å². The standard InChI is InChI=1S/C21H20ClN3O2/c1-11-9-14-10-15(7-8-18(14)25(11)13(3)26)23-21(27)19-12(2)16-5-4-6-17(22)20(16)24-19/h4-8,10-11,24H,9H2,1-3H3,(H,23,27). The molecule has 0 spiro atoms. The number of anilines is 2. The number of aryl methyl sites for hydroxylation is 1. The number of para-hydroxylation sites is 1. The minimum absolute atomic E-state index is 0.0311. The summed E-state index contributed by atoms with van der Waals surface area (Å²) in [5, 5.41) is 4.48. The molecule has 0 fully saturated rings. The van der Waals surface area contributed by atoms with Crippen LogP contribution in [0, 0.1) is 6.92 Å². The van der Waals surface area contributed by atoms with Gasteiger partial charge in [-0.05, 0) is 55.7 Å². The van der Waals surface area contributed by atoms with E-state index in [2.05, 4.69) is 10.3 Å². The summed E-state index contributed by atoms with van der Waals surface area (Å²) in [7, 11) is 0. The van der Waals surface area contributed by atoms with E-state index in [4.69, 9.17) is 11.6 Å². The van der Waals surface area contributed by atoms with Crippen molar-refractivity contribution in [3.8, 4) is 0 Å². The zero-order valence-corrected chi connectivity index (χ0v) is 16.1. The number of fused-ring (bicyclic) bond motifs is 2. The maximum absolute atomic E-state index is 12.8. The van der Waals surface area contributed by atoms with Gasteiger partial charge in [0, 0.05) is 29.7 Å². The van der Waals surface area contributed by atoms with Gasteiger partial charge in [-0.3, -0.25) is 9.59 Å². The molecule has 1 aromatic heterocycles. The van der Waals surface area contributed by atoms with Crippen LogP contribution in [0.25, 0.3) is 10.9 Å². The maximum atomic E-state index is 12.8. The Morgan fingerprint density at radius 1 is 1.26 bits per heavy atom. The minimum atomic E-state index is -0.214. The number of H-pyrrole nitrogens is 1. The molecule has 138 valence electrons. The number of hydrogen-bond acceptors (Lipinski definition) is 2. The highest BCUT2D eigenvalue weighted by molar-refractivity contribution is 6.35. The molecule has 0 bridgehead atoms. The third-order valence-corrected chi connectivity index (χ3v) is 5.48. The third-order valence-electron chi connectivity index (χ3n) is 5.16. The summed E-state index contributed by atoms with van der Waals surface area (Å²) in [4.78, 5) is 29.6. The number of benzene rings is 2. The van der Waals surface area contributed by atoms with Gasteiger partial charge in [0.25, 0.3) is 5.91 Å². The Hall–Kier alpha value is -2.79. The number of hydrogen-bond donors (Lipinski definition) is 2. The van der Waals surface area contributed by atoms with Crippen molar-refractivity contribution in [3.05, 3.63) is 58.2 Å².